The zero-order valence-corrected chi connectivity index (χ0v) is 18.7. The summed E-state index contributed by atoms with van der Waals surface area (Å²) in [7, 11) is -4.00. The first-order valence-corrected chi connectivity index (χ1v) is 12.7. The summed E-state index contributed by atoms with van der Waals surface area (Å²) in [5.41, 5.74) is 0.159. The van der Waals surface area contributed by atoms with Crippen molar-refractivity contribution in [1.29, 1.82) is 0 Å². The lowest BCUT2D eigenvalue weighted by atomic mass is 10.1. The Morgan fingerprint density at radius 2 is 1.94 bits per heavy atom. The van der Waals surface area contributed by atoms with Gasteiger partial charge in [0, 0.05) is 27.7 Å². The number of carboxylic acids is 1. The van der Waals surface area contributed by atoms with Gasteiger partial charge in [-0.25, -0.2) is 8.42 Å². The summed E-state index contributed by atoms with van der Waals surface area (Å²) in [6.07, 6.45) is 2.68. The highest BCUT2D eigenvalue weighted by Crippen LogP contribution is 2.63. The van der Waals surface area contributed by atoms with Crippen LogP contribution in [0.15, 0.2) is 58.8 Å². The quantitative estimate of drug-likeness (QED) is 0.667. The molecule has 0 radical (unpaired) electrons. The number of halogens is 1. The molecule has 2 heterocycles. The van der Waals surface area contributed by atoms with Gasteiger partial charge in [-0.3, -0.25) is 4.79 Å². The van der Waals surface area contributed by atoms with E-state index in [-0.39, 0.29) is 15.4 Å². The minimum atomic E-state index is -4.00. The van der Waals surface area contributed by atoms with Crippen LogP contribution in [0.4, 0.5) is 0 Å². The van der Waals surface area contributed by atoms with Crippen molar-refractivity contribution in [3.8, 4) is 5.75 Å². The molecule has 2 aromatic rings. The van der Waals surface area contributed by atoms with Crippen molar-refractivity contribution in [2.45, 2.75) is 29.5 Å². The van der Waals surface area contributed by atoms with Crippen molar-refractivity contribution in [2.24, 2.45) is 5.92 Å². The van der Waals surface area contributed by atoms with E-state index in [1.807, 2.05) is 30.3 Å². The van der Waals surface area contributed by atoms with Gasteiger partial charge in [-0.2, -0.15) is 4.72 Å². The van der Waals surface area contributed by atoms with Crippen LogP contribution in [0.2, 0.25) is 5.02 Å². The molecule has 3 aliphatic rings. The van der Waals surface area contributed by atoms with E-state index in [1.54, 1.807) is 24.3 Å². The number of carboxylic acid groups (broad SMARTS) is 1. The van der Waals surface area contributed by atoms with Crippen LogP contribution in [0.1, 0.15) is 35.1 Å². The first-order valence-electron chi connectivity index (χ1n) is 9.94. The summed E-state index contributed by atoms with van der Waals surface area (Å²) in [6, 6.07) is 14.6. The molecule has 162 valence electrons. The summed E-state index contributed by atoms with van der Waals surface area (Å²) in [4.78, 5) is 12.4. The van der Waals surface area contributed by atoms with Crippen LogP contribution < -0.4 is 9.46 Å². The molecule has 31 heavy (non-hydrogen) atoms. The van der Waals surface area contributed by atoms with Crippen molar-refractivity contribution in [1.82, 2.24) is 4.72 Å². The first kappa shape index (κ1) is 20.9. The third kappa shape index (κ3) is 3.46. The summed E-state index contributed by atoms with van der Waals surface area (Å²) < 4.78 is 35.0. The number of nitrogens with one attached hydrogen (secondary N) is 1. The van der Waals surface area contributed by atoms with Crippen LogP contribution in [0.3, 0.4) is 0 Å². The zero-order valence-electron chi connectivity index (χ0n) is 16.3. The van der Waals surface area contributed by atoms with Crippen LogP contribution >= 0.6 is 23.4 Å². The third-order valence-electron chi connectivity index (χ3n) is 6.23. The summed E-state index contributed by atoms with van der Waals surface area (Å²) >= 11 is 7.18. The van der Waals surface area contributed by atoms with E-state index < -0.39 is 27.4 Å². The molecule has 4 atom stereocenters. The molecule has 4 unspecified atom stereocenters. The predicted molar refractivity (Wildman–Crippen MR) is 120 cm³/mol. The fraction of sp³-hybridized carbons (Fsp3) is 0.318. The average molecular weight is 478 g/mol. The SMILES string of the molecule is O=C(O)C1(NS(=O)(=O)C2=CCC(c3ccc(Cl)cc3)S2)C2CCOc3ccccc3C21. The second-order valence-electron chi connectivity index (χ2n) is 7.96. The maximum absolute atomic E-state index is 13.2. The number of allylic oxidation sites excluding steroid dienone is 1. The van der Waals surface area contributed by atoms with E-state index in [0.29, 0.717) is 30.2 Å². The fourth-order valence-electron chi connectivity index (χ4n) is 4.72. The highest BCUT2D eigenvalue weighted by molar-refractivity contribution is 8.18. The van der Waals surface area contributed by atoms with E-state index >= 15 is 0 Å². The maximum atomic E-state index is 13.2. The molecule has 9 heteroatoms. The van der Waals surface area contributed by atoms with Crippen LogP contribution in [0, 0.1) is 5.92 Å². The Bertz CT molecular complexity index is 1180. The van der Waals surface area contributed by atoms with Crippen LogP contribution in [-0.4, -0.2) is 31.6 Å². The molecule has 2 aromatic carbocycles. The van der Waals surface area contributed by atoms with Crippen molar-refractivity contribution in [2.75, 3.05) is 6.61 Å². The lowest BCUT2D eigenvalue weighted by molar-refractivity contribution is -0.140. The maximum Gasteiger partial charge on any atom is 0.325 e. The van der Waals surface area contributed by atoms with Gasteiger partial charge in [-0.15, -0.1) is 11.8 Å². The number of fused-ring (bicyclic) bond motifs is 3. The highest BCUT2D eigenvalue weighted by Gasteiger charge is 2.73. The Kier molecular flexibility index (Phi) is 5.08. The standard InChI is InChI=1S/C22H20ClNO5S2/c23-14-7-5-13(6-8-14)18-9-10-19(30-18)31(27,28)24-22(21(25)26)16-11-12-29-17-4-2-1-3-15(17)20(16)22/h1-8,10,16,18,20,24H,9,11-12H2,(H,25,26). The molecule has 6 nitrogen and oxygen atoms in total. The number of thioether (sulfide) groups is 1. The number of benzene rings is 2. The van der Waals surface area contributed by atoms with E-state index in [2.05, 4.69) is 4.72 Å². The molecule has 0 saturated heterocycles. The number of aliphatic carboxylic acids is 1. The number of rotatable bonds is 5. The summed E-state index contributed by atoms with van der Waals surface area (Å²) in [5.74, 6) is -1.35. The van der Waals surface area contributed by atoms with E-state index in [4.69, 9.17) is 16.3 Å². The molecular formula is C22H20ClNO5S2. The van der Waals surface area contributed by atoms with Gasteiger partial charge < -0.3 is 9.84 Å². The molecule has 0 bridgehead atoms. The Morgan fingerprint density at radius 3 is 2.68 bits per heavy atom. The van der Waals surface area contributed by atoms with E-state index in [1.165, 1.54) is 11.8 Å². The third-order valence-corrected chi connectivity index (χ3v) is 9.88. The molecule has 0 aromatic heterocycles. The smallest absolute Gasteiger partial charge is 0.325 e. The molecule has 1 saturated carbocycles. The number of sulfonamides is 1. The average Bonchev–Trinajstić information content (AvgIpc) is 3.14. The lowest BCUT2D eigenvalue weighted by Gasteiger charge is -2.19. The second-order valence-corrected chi connectivity index (χ2v) is 11.5. The van der Waals surface area contributed by atoms with Gasteiger partial charge in [0.15, 0.2) is 0 Å². The highest BCUT2D eigenvalue weighted by atomic mass is 35.5. The Labute approximate surface area is 189 Å². The van der Waals surface area contributed by atoms with Crippen molar-refractivity contribution in [3.63, 3.8) is 0 Å². The van der Waals surface area contributed by atoms with Gasteiger partial charge in [-0.1, -0.05) is 48.0 Å². The Morgan fingerprint density at radius 1 is 1.19 bits per heavy atom. The molecule has 1 aliphatic carbocycles. The Hall–Kier alpha value is -2.00. The summed E-state index contributed by atoms with van der Waals surface area (Å²) in [6.45, 7) is 0.352. The van der Waals surface area contributed by atoms with Crippen molar-refractivity contribution in [3.05, 3.63) is 75.0 Å². The molecule has 0 amide bonds. The lowest BCUT2D eigenvalue weighted by Crippen LogP contribution is -2.46. The Balaban J connectivity index is 1.41. The molecule has 2 N–H and O–H groups in total. The number of ether oxygens (including phenoxy) is 1. The van der Waals surface area contributed by atoms with Gasteiger partial charge in [0.1, 0.15) is 15.5 Å². The first-order chi connectivity index (χ1) is 14.8. The van der Waals surface area contributed by atoms with Gasteiger partial charge in [-0.05, 0) is 36.6 Å². The number of hydrogen-bond acceptors (Lipinski definition) is 5. The van der Waals surface area contributed by atoms with E-state index in [0.717, 1.165) is 11.1 Å². The minimum Gasteiger partial charge on any atom is -0.493 e. The fourth-order valence-corrected chi connectivity index (χ4v) is 8.01. The number of carbonyl (C=O) groups is 1. The molecular weight excluding hydrogens is 458 g/mol. The second kappa shape index (κ2) is 7.55. The van der Waals surface area contributed by atoms with Crippen LogP contribution in [-0.2, 0) is 14.8 Å². The minimum absolute atomic E-state index is 0.0524. The number of para-hydroxylation sites is 1. The van der Waals surface area contributed by atoms with Gasteiger partial charge >= 0.3 is 5.97 Å². The zero-order chi connectivity index (χ0) is 21.8. The molecule has 5 rings (SSSR count). The molecule has 1 fully saturated rings. The molecule has 2 aliphatic heterocycles. The van der Waals surface area contributed by atoms with E-state index in [9.17, 15) is 18.3 Å². The molecule has 0 spiro atoms. The normalized spacial score (nSPS) is 29.2. The largest absolute Gasteiger partial charge is 0.493 e. The predicted octanol–water partition coefficient (Wildman–Crippen LogP) is 4.30. The van der Waals surface area contributed by atoms with Crippen LogP contribution in [0.5, 0.6) is 5.75 Å². The number of hydrogen-bond donors (Lipinski definition) is 2. The monoisotopic (exact) mass is 477 g/mol. The van der Waals surface area contributed by atoms with Gasteiger partial charge in [0.05, 0.1) is 6.61 Å². The van der Waals surface area contributed by atoms with Crippen molar-refractivity contribution < 1.29 is 23.1 Å². The van der Waals surface area contributed by atoms with Gasteiger partial charge in [0.25, 0.3) is 0 Å². The topological polar surface area (TPSA) is 92.7 Å². The van der Waals surface area contributed by atoms with Crippen molar-refractivity contribution >= 4 is 39.4 Å². The van der Waals surface area contributed by atoms with Gasteiger partial charge in [0.2, 0.25) is 10.0 Å². The summed E-state index contributed by atoms with van der Waals surface area (Å²) in [5, 5.41) is 10.7. The van der Waals surface area contributed by atoms with Crippen LogP contribution in [0.25, 0.3) is 0 Å².